The zero-order valence-electron chi connectivity index (χ0n) is 11.8. The highest BCUT2D eigenvalue weighted by Gasteiger charge is 2.30. The molecule has 2 atom stereocenters. The van der Waals surface area contributed by atoms with Crippen LogP contribution in [0.5, 0.6) is 0 Å². The zero-order valence-corrected chi connectivity index (χ0v) is 12.6. The highest BCUT2D eigenvalue weighted by Crippen LogP contribution is 2.28. The lowest BCUT2D eigenvalue weighted by Gasteiger charge is -2.19. The highest BCUT2D eigenvalue weighted by atomic mass is 32.2. The van der Waals surface area contributed by atoms with Crippen LogP contribution in [-0.4, -0.2) is 33.4 Å². The fourth-order valence-corrected chi connectivity index (χ4v) is 3.48. The summed E-state index contributed by atoms with van der Waals surface area (Å²) in [6, 6.07) is 5.77. The maximum absolute atomic E-state index is 12.7. The SMILES string of the molecule is CCC1OCCC1CNc1ccccc1S(=O)(=O)C(F)F. The van der Waals surface area contributed by atoms with Gasteiger partial charge >= 0.3 is 5.76 Å². The molecule has 1 aliphatic rings. The number of ether oxygens (including phenoxy) is 1. The first-order valence-corrected chi connectivity index (χ1v) is 8.48. The predicted molar refractivity (Wildman–Crippen MR) is 76.3 cm³/mol. The maximum Gasteiger partial charge on any atom is 0.341 e. The van der Waals surface area contributed by atoms with Gasteiger partial charge in [-0.15, -0.1) is 0 Å². The van der Waals surface area contributed by atoms with Crippen LogP contribution < -0.4 is 5.32 Å². The van der Waals surface area contributed by atoms with Crippen LogP contribution in [0.15, 0.2) is 29.2 Å². The molecular weight excluding hydrogens is 300 g/mol. The van der Waals surface area contributed by atoms with Crippen LogP contribution in [-0.2, 0) is 14.6 Å². The molecule has 118 valence electrons. The van der Waals surface area contributed by atoms with E-state index >= 15 is 0 Å². The number of anilines is 1. The summed E-state index contributed by atoms with van der Waals surface area (Å²) in [5, 5.41) is 2.99. The topological polar surface area (TPSA) is 55.4 Å². The van der Waals surface area contributed by atoms with Gasteiger partial charge < -0.3 is 10.1 Å². The molecule has 1 aromatic rings. The van der Waals surface area contributed by atoms with Crippen molar-refractivity contribution in [3.63, 3.8) is 0 Å². The third-order valence-electron chi connectivity index (χ3n) is 3.73. The Kier molecular flexibility index (Phi) is 5.16. The molecule has 1 saturated heterocycles. The Labute approximate surface area is 123 Å². The molecule has 0 saturated carbocycles. The Morgan fingerprint density at radius 3 is 2.76 bits per heavy atom. The second-order valence-electron chi connectivity index (χ2n) is 5.05. The number of para-hydroxylation sites is 1. The van der Waals surface area contributed by atoms with E-state index in [2.05, 4.69) is 5.32 Å². The molecule has 0 spiro atoms. The van der Waals surface area contributed by atoms with Gasteiger partial charge in [0.2, 0.25) is 9.84 Å². The summed E-state index contributed by atoms with van der Waals surface area (Å²) < 4.78 is 54.3. The molecule has 0 aliphatic carbocycles. The lowest BCUT2D eigenvalue weighted by atomic mass is 9.99. The van der Waals surface area contributed by atoms with E-state index in [-0.39, 0.29) is 22.6 Å². The Morgan fingerprint density at radius 2 is 2.10 bits per heavy atom. The van der Waals surface area contributed by atoms with Gasteiger partial charge in [-0.25, -0.2) is 8.42 Å². The van der Waals surface area contributed by atoms with Crippen LogP contribution in [0.2, 0.25) is 0 Å². The number of sulfone groups is 1. The first kappa shape index (κ1) is 16.2. The molecule has 0 aromatic heterocycles. The van der Waals surface area contributed by atoms with Crippen molar-refractivity contribution >= 4 is 15.5 Å². The van der Waals surface area contributed by atoms with Gasteiger partial charge in [0.05, 0.1) is 16.7 Å². The standard InChI is InChI=1S/C14H19F2NO3S/c1-2-12-10(7-8-20-12)9-17-11-5-3-4-6-13(11)21(18,19)14(15)16/h3-6,10,12,14,17H,2,7-9H2,1H3. The Hall–Kier alpha value is -1.21. The second kappa shape index (κ2) is 6.70. The van der Waals surface area contributed by atoms with Gasteiger partial charge in [-0.1, -0.05) is 19.1 Å². The van der Waals surface area contributed by atoms with Crippen LogP contribution in [0.1, 0.15) is 19.8 Å². The Bertz CT molecular complexity index is 577. The van der Waals surface area contributed by atoms with Crippen LogP contribution in [0.3, 0.4) is 0 Å². The fourth-order valence-electron chi connectivity index (χ4n) is 2.58. The number of halogens is 2. The summed E-state index contributed by atoms with van der Waals surface area (Å²) in [5.74, 6) is -3.16. The predicted octanol–water partition coefficient (Wildman–Crippen LogP) is 2.91. The number of hydrogen-bond acceptors (Lipinski definition) is 4. The van der Waals surface area contributed by atoms with Crippen molar-refractivity contribution in [1.82, 2.24) is 0 Å². The van der Waals surface area contributed by atoms with Crippen LogP contribution >= 0.6 is 0 Å². The van der Waals surface area contributed by atoms with Crippen LogP contribution in [0, 0.1) is 5.92 Å². The lowest BCUT2D eigenvalue weighted by molar-refractivity contribution is 0.0900. The largest absolute Gasteiger partial charge is 0.384 e. The average Bonchev–Trinajstić information content (AvgIpc) is 2.92. The van der Waals surface area contributed by atoms with Crippen molar-refractivity contribution in [3.05, 3.63) is 24.3 Å². The van der Waals surface area contributed by atoms with Gasteiger partial charge in [-0.2, -0.15) is 8.78 Å². The molecule has 1 fully saturated rings. The molecule has 0 radical (unpaired) electrons. The minimum absolute atomic E-state index is 0.136. The summed E-state index contributed by atoms with van der Waals surface area (Å²) >= 11 is 0. The Morgan fingerprint density at radius 1 is 1.38 bits per heavy atom. The van der Waals surface area contributed by atoms with Crippen LogP contribution in [0.4, 0.5) is 14.5 Å². The van der Waals surface area contributed by atoms with Gasteiger partial charge in [-0.05, 0) is 25.0 Å². The monoisotopic (exact) mass is 319 g/mol. The molecule has 1 N–H and O–H groups in total. The third kappa shape index (κ3) is 3.52. The van der Waals surface area contributed by atoms with E-state index in [1.165, 1.54) is 18.2 Å². The highest BCUT2D eigenvalue weighted by molar-refractivity contribution is 7.91. The second-order valence-corrected chi connectivity index (χ2v) is 6.94. The summed E-state index contributed by atoms with van der Waals surface area (Å²) in [7, 11) is -4.60. The molecule has 21 heavy (non-hydrogen) atoms. The minimum atomic E-state index is -4.60. The van der Waals surface area contributed by atoms with Gasteiger partial charge in [0.1, 0.15) is 0 Å². The van der Waals surface area contributed by atoms with E-state index in [1.54, 1.807) is 6.07 Å². The Balaban J connectivity index is 2.14. The summed E-state index contributed by atoms with van der Waals surface area (Å²) in [5.41, 5.74) is 0.222. The van der Waals surface area contributed by atoms with Crippen molar-refractivity contribution in [2.75, 3.05) is 18.5 Å². The van der Waals surface area contributed by atoms with Crippen molar-refractivity contribution in [2.45, 2.75) is 36.5 Å². The molecule has 1 aliphatic heterocycles. The lowest BCUT2D eigenvalue weighted by Crippen LogP contribution is -2.24. The summed E-state index contributed by atoms with van der Waals surface area (Å²) in [6.45, 7) is 3.22. The first-order chi connectivity index (χ1) is 9.96. The number of hydrogen-bond donors (Lipinski definition) is 1. The van der Waals surface area contributed by atoms with Crippen molar-refractivity contribution in [2.24, 2.45) is 5.92 Å². The van der Waals surface area contributed by atoms with Gasteiger partial charge in [0.25, 0.3) is 0 Å². The molecule has 1 heterocycles. The molecule has 2 unspecified atom stereocenters. The van der Waals surface area contributed by atoms with E-state index in [0.29, 0.717) is 13.2 Å². The fraction of sp³-hybridized carbons (Fsp3) is 0.571. The normalized spacial score (nSPS) is 22.7. The van der Waals surface area contributed by atoms with E-state index in [1.807, 2.05) is 6.92 Å². The van der Waals surface area contributed by atoms with Crippen molar-refractivity contribution in [1.29, 1.82) is 0 Å². The number of benzene rings is 1. The van der Waals surface area contributed by atoms with E-state index in [0.717, 1.165) is 12.8 Å². The molecular formula is C14H19F2NO3S. The molecule has 0 amide bonds. The average molecular weight is 319 g/mol. The molecule has 7 heteroatoms. The molecule has 2 rings (SSSR count). The van der Waals surface area contributed by atoms with E-state index < -0.39 is 15.6 Å². The molecule has 0 bridgehead atoms. The maximum atomic E-state index is 12.7. The summed E-state index contributed by atoms with van der Waals surface area (Å²) in [6.07, 6.45) is 1.90. The minimum Gasteiger partial charge on any atom is -0.384 e. The number of alkyl halides is 2. The van der Waals surface area contributed by atoms with Crippen LogP contribution in [0.25, 0.3) is 0 Å². The van der Waals surface area contributed by atoms with E-state index in [4.69, 9.17) is 4.74 Å². The van der Waals surface area contributed by atoms with Crippen molar-refractivity contribution in [3.8, 4) is 0 Å². The molecule has 1 aromatic carbocycles. The van der Waals surface area contributed by atoms with E-state index in [9.17, 15) is 17.2 Å². The zero-order chi connectivity index (χ0) is 15.5. The number of rotatable bonds is 6. The first-order valence-electron chi connectivity index (χ1n) is 6.93. The quantitative estimate of drug-likeness (QED) is 0.876. The van der Waals surface area contributed by atoms with Gasteiger partial charge in [0, 0.05) is 19.1 Å². The van der Waals surface area contributed by atoms with Gasteiger partial charge in [-0.3, -0.25) is 0 Å². The van der Waals surface area contributed by atoms with Gasteiger partial charge in [0.15, 0.2) is 0 Å². The molecule has 4 nitrogen and oxygen atoms in total. The third-order valence-corrected chi connectivity index (χ3v) is 5.17. The smallest absolute Gasteiger partial charge is 0.341 e. The van der Waals surface area contributed by atoms with Crippen molar-refractivity contribution < 1.29 is 21.9 Å². The number of nitrogens with one attached hydrogen (secondary N) is 1. The summed E-state index contributed by atoms with van der Waals surface area (Å²) in [4.78, 5) is -0.355.